The van der Waals surface area contributed by atoms with Crippen LogP contribution in [0.15, 0.2) is 29.4 Å². The van der Waals surface area contributed by atoms with E-state index in [0.29, 0.717) is 5.75 Å². The van der Waals surface area contributed by atoms with E-state index >= 15 is 0 Å². The summed E-state index contributed by atoms with van der Waals surface area (Å²) in [5.74, 6) is 0.540. The number of H-pyrrole nitrogens is 1. The summed E-state index contributed by atoms with van der Waals surface area (Å²) >= 11 is 7.15. The van der Waals surface area contributed by atoms with E-state index in [0.717, 1.165) is 16.2 Å². The van der Waals surface area contributed by atoms with Crippen LogP contribution in [0.3, 0.4) is 0 Å². The Kier molecular flexibility index (Phi) is 3.14. The molecule has 1 atom stereocenters. The van der Waals surface area contributed by atoms with E-state index in [9.17, 15) is 0 Å². The first-order valence-corrected chi connectivity index (χ1v) is 5.83. The predicted octanol–water partition coefficient (Wildman–Crippen LogP) is 2.79. The van der Waals surface area contributed by atoms with E-state index in [-0.39, 0.29) is 0 Å². The van der Waals surface area contributed by atoms with Crippen LogP contribution in [-0.2, 0) is 0 Å². The molecule has 0 aliphatic heterocycles. The highest BCUT2D eigenvalue weighted by atomic mass is 35.5. The van der Waals surface area contributed by atoms with Crippen LogP contribution in [0.2, 0.25) is 0 Å². The first-order valence-electron chi connectivity index (χ1n) is 4.41. The molecule has 0 radical (unpaired) electrons. The number of nitriles is 1. The summed E-state index contributed by atoms with van der Waals surface area (Å²) in [5.41, 5.74) is 1.94. The van der Waals surface area contributed by atoms with Crippen LogP contribution in [0.25, 0.3) is 11.0 Å². The maximum atomic E-state index is 8.53. The Morgan fingerprint density at radius 2 is 2.33 bits per heavy atom. The van der Waals surface area contributed by atoms with Crippen molar-refractivity contribution in [1.82, 2.24) is 9.97 Å². The zero-order valence-electron chi connectivity index (χ0n) is 7.77. The molecule has 0 saturated carbocycles. The van der Waals surface area contributed by atoms with Gasteiger partial charge in [0.15, 0.2) is 5.16 Å². The number of alkyl halides is 1. The summed E-state index contributed by atoms with van der Waals surface area (Å²) < 4.78 is 0. The molecule has 0 saturated heterocycles. The fraction of sp³-hybridized carbons (Fsp3) is 0.200. The molecule has 0 spiro atoms. The van der Waals surface area contributed by atoms with E-state index in [1.54, 1.807) is 0 Å². The Morgan fingerprint density at radius 3 is 3.07 bits per heavy atom. The van der Waals surface area contributed by atoms with E-state index in [1.807, 2.05) is 30.3 Å². The number of rotatable bonds is 3. The lowest BCUT2D eigenvalue weighted by molar-refractivity contribution is 1.07. The zero-order chi connectivity index (χ0) is 10.7. The lowest BCUT2D eigenvalue weighted by Gasteiger charge is -1.95. The number of nitrogens with zero attached hydrogens (tertiary/aromatic N) is 2. The molecule has 1 N–H and O–H groups in total. The first-order chi connectivity index (χ1) is 7.29. The summed E-state index contributed by atoms with van der Waals surface area (Å²) in [5, 5.41) is 8.86. The molecule has 5 heteroatoms. The third kappa shape index (κ3) is 2.44. The van der Waals surface area contributed by atoms with Crippen LogP contribution in [0.1, 0.15) is 0 Å². The zero-order valence-corrected chi connectivity index (χ0v) is 9.35. The van der Waals surface area contributed by atoms with Gasteiger partial charge in [0.05, 0.1) is 17.1 Å². The maximum Gasteiger partial charge on any atom is 0.166 e. The Bertz CT molecular complexity index is 470. The molecule has 0 aliphatic carbocycles. The van der Waals surface area contributed by atoms with Gasteiger partial charge in [-0.15, -0.1) is 11.6 Å². The number of aromatic nitrogens is 2. The van der Waals surface area contributed by atoms with Crippen LogP contribution in [0, 0.1) is 11.3 Å². The molecule has 0 aliphatic rings. The molecule has 1 aromatic carbocycles. The first kappa shape index (κ1) is 10.3. The Labute approximate surface area is 96.5 Å². The number of para-hydroxylation sites is 2. The topological polar surface area (TPSA) is 52.5 Å². The van der Waals surface area contributed by atoms with Gasteiger partial charge in [-0.1, -0.05) is 23.9 Å². The SMILES string of the molecule is N#CC(Cl)CSc1nc2ccccc2[nH]1. The van der Waals surface area contributed by atoms with Gasteiger partial charge < -0.3 is 4.98 Å². The lowest BCUT2D eigenvalue weighted by atomic mass is 10.3. The van der Waals surface area contributed by atoms with Gasteiger partial charge in [-0.2, -0.15) is 5.26 Å². The van der Waals surface area contributed by atoms with Gasteiger partial charge in [0, 0.05) is 5.75 Å². The van der Waals surface area contributed by atoms with Crippen molar-refractivity contribution in [3.05, 3.63) is 24.3 Å². The minimum Gasteiger partial charge on any atom is -0.333 e. The number of nitrogens with one attached hydrogen (secondary N) is 1. The standard InChI is InChI=1S/C10H8ClN3S/c11-7(5-12)6-15-10-13-8-3-1-2-4-9(8)14-10/h1-4,7H,6H2,(H,13,14). The van der Waals surface area contributed by atoms with Crippen molar-refractivity contribution in [2.75, 3.05) is 5.75 Å². The number of imidazole rings is 1. The van der Waals surface area contributed by atoms with E-state index < -0.39 is 5.38 Å². The van der Waals surface area contributed by atoms with Crippen LogP contribution < -0.4 is 0 Å². The molecule has 3 nitrogen and oxygen atoms in total. The van der Waals surface area contributed by atoms with Crippen molar-refractivity contribution in [2.45, 2.75) is 10.5 Å². The van der Waals surface area contributed by atoms with Gasteiger partial charge in [0.2, 0.25) is 0 Å². The molecular formula is C10H8ClN3S. The molecule has 1 aromatic heterocycles. The molecule has 15 heavy (non-hydrogen) atoms. The van der Waals surface area contributed by atoms with Crippen molar-refractivity contribution >= 4 is 34.4 Å². The largest absolute Gasteiger partial charge is 0.333 e. The van der Waals surface area contributed by atoms with Crippen LogP contribution >= 0.6 is 23.4 Å². The smallest absolute Gasteiger partial charge is 0.166 e. The number of halogens is 1. The van der Waals surface area contributed by atoms with Crippen LogP contribution in [-0.4, -0.2) is 21.1 Å². The van der Waals surface area contributed by atoms with Crippen molar-refractivity contribution in [3.63, 3.8) is 0 Å². The monoisotopic (exact) mass is 237 g/mol. The Morgan fingerprint density at radius 1 is 1.53 bits per heavy atom. The number of hydrogen-bond donors (Lipinski definition) is 1. The fourth-order valence-electron chi connectivity index (χ4n) is 1.19. The fourth-order valence-corrected chi connectivity index (χ4v) is 2.10. The molecule has 1 unspecified atom stereocenters. The molecule has 76 valence electrons. The molecule has 2 rings (SSSR count). The second-order valence-corrected chi connectivity index (χ2v) is 4.50. The molecule has 0 amide bonds. The summed E-state index contributed by atoms with van der Waals surface area (Å²) in [6, 6.07) is 9.78. The average molecular weight is 238 g/mol. The third-order valence-electron chi connectivity index (χ3n) is 1.87. The number of fused-ring (bicyclic) bond motifs is 1. The second-order valence-electron chi connectivity index (χ2n) is 2.97. The van der Waals surface area contributed by atoms with Gasteiger partial charge >= 0.3 is 0 Å². The number of benzene rings is 1. The quantitative estimate of drug-likeness (QED) is 0.660. The summed E-state index contributed by atoms with van der Waals surface area (Å²) in [4.78, 5) is 7.52. The summed E-state index contributed by atoms with van der Waals surface area (Å²) in [6.45, 7) is 0. The van der Waals surface area contributed by atoms with Gasteiger partial charge in [0.25, 0.3) is 0 Å². The second kappa shape index (κ2) is 4.56. The minimum atomic E-state index is -0.469. The number of aromatic amines is 1. The number of hydrogen-bond acceptors (Lipinski definition) is 3. The van der Waals surface area contributed by atoms with Crippen molar-refractivity contribution in [3.8, 4) is 6.07 Å². The van der Waals surface area contributed by atoms with Crippen molar-refractivity contribution in [2.24, 2.45) is 0 Å². The number of thioether (sulfide) groups is 1. The summed E-state index contributed by atoms with van der Waals surface area (Å²) in [6.07, 6.45) is 0. The molecule has 1 heterocycles. The highest BCUT2D eigenvalue weighted by molar-refractivity contribution is 7.99. The van der Waals surface area contributed by atoms with E-state index in [1.165, 1.54) is 11.8 Å². The van der Waals surface area contributed by atoms with E-state index in [4.69, 9.17) is 16.9 Å². The van der Waals surface area contributed by atoms with Crippen LogP contribution in [0.5, 0.6) is 0 Å². The normalized spacial score (nSPS) is 12.5. The van der Waals surface area contributed by atoms with Gasteiger partial charge in [-0.05, 0) is 12.1 Å². The molecule has 0 fully saturated rings. The van der Waals surface area contributed by atoms with Gasteiger partial charge in [-0.3, -0.25) is 0 Å². The highest BCUT2D eigenvalue weighted by Gasteiger charge is 2.06. The van der Waals surface area contributed by atoms with Gasteiger partial charge in [0.1, 0.15) is 5.38 Å². The molecule has 2 aromatic rings. The lowest BCUT2D eigenvalue weighted by Crippen LogP contribution is -1.97. The Balaban J connectivity index is 2.13. The predicted molar refractivity (Wildman–Crippen MR) is 62.1 cm³/mol. The van der Waals surface area contributed by atoms with Crippen LogP contribution in [0.4, 0.5) is 0 Å². The Hall–Kier alpha value is -1.18. The van der Waals surface area contributed by atoms with Crippen molar-refractivity contribution in [1.29, 1.82) is 5.26 Å². The minimum absolute atomic E-state index is 0.469. The maximum absolute atomic E-state index is 8.53. The van der Waals surface area contributed by atoms with E-state index in [2.05, 4.69) is 9.97 Å². The average Bonchev–Trinajstić information content (AvgIpc) is 2.68. The van der Waals surface area contributed by atoms with Crippen molar-refractivity contribution < 1.29 is 0 Å². The third-order valence-corrected chi connectivity index (χ3v) is 3.28. The molecular weight excluding hydrogens is 230 g/mol. The highest BCUT2D eigenvalue weighted by Crippen LogP contribution is 2.20. The summed E-state index contributed by atoms with van der Waals surface area (Å²) in [7, 11) is 0. The van der Waals surface area contributed by atoms with Gasteiger partial charge in [-0.25, -0.2) is 4.98 Å². The molecule has 0 bridgehead atoms.